The first-order valence-corrected chi connectivity index (χ1v) is 11.1. The van der Waals surface area contributed by atoms with Gasteiger partial charge in [0.1, 0.15) is 27.5 Å². The van der Waals surface area contributed by atoms with Gasteiger partial charge < -0.3 is 0 Å². The number of carbonyl (C=O) groups is 1. The summed E-state index contributed by atoms with van der Waals surface area (Å²) < 4.78 is 0.982. The molecule has 2 aromatic carbocycles. The van der Waals surface area contributed by atoms with Crippen LogP contribution >= 0.6 is 22.7 Å². The summed E-state index contributed by atoms with van der Waals surface area (Å²) in [4.78, 5) is 19.6. The molecule has 2 aromatic heterocycles. The van der Waals surface area contributed by atoms with Crippen LogP contribution in [0.4, 0.5) is 0 Å². The van der Waals surface area contributed by atoms with E-state index in [1.165, 1.54) is 22.7 Å². The van der Waals surface area contributed by atoms with Crippen LogP contribution in [0.5, 0.6) is 0 Å². The molecule has 1 aliphatic carbocycles. The first-order chi connectivity index (χ1) is 15.6. The summed E-state index contributed by atoms with van der Waals surface area (Å²) in [7, 11) is 0. The topological polar surface area (TPSA) is 101 Å². The highest BCUT2D eigenvalue weighted by molar-refractivity contribution is 7.29. The number of thiophene rings is 1. The Labute approximate surface area is 191 Å². The number of Topliss-reactive ketones (excluding diaryl/α,β-unsaturated/α-hetero) is 1. The van der Waals surface area contributed by atoms with Crippen molar-refractivity contribution in [2.75, 3.05) is 0 Å². The van der Waals surface area contributed by atoms with Crippen LogP contribution < -0.4 is 0 Å². The molecule has 0 saturated carbocycles. The normalized spacial score (nSPS) is 13.6. The van der Waals surface area contributed by atoms with Gasteiger partial charge in [0, 0.05) is 21.6 Å². The van der Waals surface area contributed by atoms with Gasteiger partial charge in [0.25, 0.3) is 0 Å². The van der Waals surface area contributed by atoms with E-state index in [0.29, 0.717) is 32.8 Å². The molecule has 4 aromatic rings. The summed E-state index contributed by atoms with van der Waals surface area (Å²) in [6.45, 7) is 0. The zero-order chi connectivity index (χ0) is 22.2. The molecule has 2 heterocycles. The van der Waals surface area contributed by atoms with Crippen LogP contribution in [0.1, 0.15) is 26.5 Å². The maximum Gasteiger partial charge on any atom is 0.194 e. The third kappa shape index (κ3) is 3.12. The molecule has 0 spiro atoms. The van der Waals surface area contributed by atoms with Gasteiger partial charge in [0.2, 0.25) is 0 Å². The van der Waals surface area contributed by atoms with Crippen molar-refractivity contribution in [2.45, 2.75) is 0 Å². The second-order valence-electron chi connectivity index (χ2n) is 6.93. The molecule has 0 aliphatic heterocycles. The number of hydrogen-bond donors (Lipinski definition) is 0. The van der Waals surface area contributed by atoms with E-state index in [1.54, 1.807) is 42.5 Å². The van der Waals surface area contributed by atoms with E-state index in [-0.39, 0.29) is 11.4 Å². The van der Waals surface area contributed by atoms with Gasteiger partial charge in [-0.05, 0) is 35.4 Å². The summed E-state index contributed by atoms with van der Waals surface area (Å²) in [5.41, 5.74) is 3.31. The van der Waals surface area contributed by atoms with Crippen molar-refractivity contribution in [2.24, 2.45) is 0 Å². The predicted octanol–water partition coefficient (Wildman–Crippen LogP) is 5.98. The number of benzene rings is 2. The zero-order valence-corrected chi connectivity index (χ0v) is 17.9. The molecule has 0 saturated heterocycles. The molecular weight excluding hydrogens is 436 g/mol. The zero-order valence-electron chi connectivity index (χ0n) is 16.3. The lowest BCUT2D eigenvalue weighted by atomic mass is 10.00. The molecule has 5 nitrogen and oxygen atoms in total. The van der Waals surface area contributed by atoms with Gasteiger partial charge >= 0.3 is 0 Å². The van der Waals surface area contributed by atoms with E-state index in [2.05, 4.69) is 11.1 Å². The smallest absolute Gasteiger partial charge is 0.194 e. The molecule has 0 atom stereocenters. The highest BCUT2D eigenvalue weighted by atomic mass is 32.1. The Morgan fingerprint density at radius 2 is 1.66 bits per heavy atom. The number of ketones is 1. The van der Waals surface area contributed by atoms with Crippen molar-refractivity contribution < 1.29 is 4.79 Å². The Kier molecular flexibility index (Phi) is 4.73. The lowest BCUT2D eigenvalue weighted by Gasteiger charge is -2.00. The van der Waals surface area contributed by atoms with Crippen LogP contribution in [0.3, 0.4) is 0 Å². The van der Waals surface area contributed by atoms with Crippen LogP contribution in [-0.2, 0) is 0 Å². The van der Waals surface area contributed by atoms with Gasteiger partial charge in [0.05, 0.1) is 16.3 Å². The quantitative estimate of drug-likeness (QED) is 0.278. The Morgan fingerprint density at radius 3 is 2.31 bits per heavy atom. The lowest BCUT2D eigenvalue weighted by molar-refractivity contribution is 0.104. The number of nitriles is 3. The van der Waals surface area contributed by atoms with E-state index < -0.39 is 0 Å². The maximum absolute atomic E-state index is 13.0. The molecule has 0 bridgehead atoms. The Morgan fingerprint density at radius 1 is 0.938 bits per heavy atom. The van der Waals surface area contributed by atoms with E-state index in [0.717, 1.165) is 20.0 Å². The molecule has 148 valence electrons. The Bertz CT molecular complexity index is 1570. The average Bonchev–Trinajstić information content (AvgIpc) is 3.47. The third-order valence-electron chi connectivity index (χ3n) is 5.10. The molecule has 1 aliphatic rings. The Balaban J connectivity index is 1.58. The molecule has 7 heteroatoms. The van der Waals surface area contributed by atoms with E-state index in [1.807, 2.05) is 30.3 Å². The lowest BCUT2D eigenvalue weighted by Crippen LogP contribution is -1.95. The van der Waals surface area contributed by atoms with Crippen molar-refractivity contribution in [3.05, 3.63) is 87.4 Å². The highest BCUT2D eigenvalue weighted by Gasteiger charge is 2.32. The monoisotopic (exact) mass is 446 g/mol. The van der Waals surface area contributed by atoms with E-state index >= 15 is 0 Å². The second-order valence-corrected chi connectivity index (χ2v) is 9.02. The molecule has 0 N–H and O–H groups in total. The van der Waals surface area contributed by atoms with Crippen molar-refractivity contribution >= 4 is 49.6 Å². The summed E-state index contributed by atoms with van der Waals surface area (Å²) in [6, 6.07) is 22.4. The molecule has 32 heavy (non-hydrogen) atoms. The van der Waals surface area contributed by atoms with E-state index in [4.69, 9.17) is 5.26 Å². The number of rotatable bonds is 2. The molecule has 0 fully saturated rings. The number of carbonyl (C=O) groups excluding carboxylic acids is 1. The van der Waals surface area contributed by atoms with Crippen molar-refractivity contribution in [1.29, 1.82) is 15.8 Å². The minimum atomic E-state index is -0.213. The first kappa shape index (κ1) is 19.6. The van der Waals surface area contributed by atoms with Crippen LogP contribution in [0.15, 0.2) is 65.7 Å². The number of aromatic nitrogens is 1. The molecule has 0 radical (unpaired) electrons. The fourth-order valence-electron chi connectivity index (χ4n) is 3.63. The SMILES string of the molecule is N#CC(C#N)=C1/C(=C/c2nc3sc(-c4ccc(C#N)cc4)cc3s2)C(=O)c2ccccc21. The third-order valence-corrected chi connectivity index (χ3v) is 7.26. The fourth-order valence-corrected chi connectivity index (χ4v) is 5.81. The largest absolute Gasteiger partial charge is 0.289 e. The minimum Gasteiger partial charge on any atom is -0.289 e. The number of thiazole rings is 1. The van der Waals surface area contributed by atoms with Gasteiger partial charge in [0.15, 0.2) is 5.78 Å². The van der Waals surface area contributed by atoms with Gasteiger partial charge in [-0.1, -0.05) is 36.4 Å². The summed E-state index contributed by atoms with van der Waals surface area (Å²) in [5, 5.41) is 28.5. The number of hydrogen-bond acceptors (Lipinski definition) is 7. The van der Waals surface area contributed by atoms with Crippen LogP contribution in [0.2, 0.25) is 0 Å². The summed E-state index contributed by atoms with van der Waals surface area (Å²) in [6.07, 6.45) is 1.67. The van der Waals surface area contributed by atoms with E-state index in [9.17, 15) is 15.3 Å². The second kappa shape index (κ2) is 7.72. The fraction of sp³-hybridized carbons (Fsp3) is 0. The van der Waals surface area contributed by atoms with Gasteiger partial charge in [-0.3, -0.25) is 4.79 Å². The predicted molar refractivity (Wildman–Crippen MR) is 125 cm³/mol. The summed E-state index contributed by atoms with van der Waals surface area (Å²) in [5.74, 6) is -0.213. The van der Waals surface area contributed by atoms with Crippen molar-refractivity contribution in [3.63, 3.8) is 0 Å². The Hall–Kier alpha value is -4.35. The highest BCUT2D eigenvalue weighted by Crippen LogP contribution is 2.41. The first-order valence-electron chi connectivity index (χ1n) is 9.44. The maximum atomic E-state index is 13.0. The average molecular weight is 447 g/mol. The van der Waals surface area contributed by atoms with Crippen LogP contribution in [-0.4, -0.2) is 10.8 Å². The number of nitrogens with zero attached hydrogens (tertiary/aromatic N) is 4. The molecule has 5 rings (SSSR count). The number of allylic oxidation sites excluding steroid dienone is 3. The summed E-state index contributed by atoms with van der Waals surface area (Å²) >= 11 is 2.98. The van der Waals surface area contributed by atoms with Gasteiger partial charge in [-0.25, -0.2) is 4.98 Å². The molecule has 0 unspecified atom stereocenters. The number of fused-ring (bicyclic) bond motifs is 2. The standard InChI is InChI=1S/C25H10N4OS2/c26-11-14-5-7-15(8-6-14)20-10-21-25(32-20)29-22(31-21)9-19-23(16(12-27)13-28)17-3-1-2-4-18(17)24(19)30/h1-10H/b19-9-. The van der Waals surface area contributed by atoms with Gasteiger partial charge in [-0.15, -0.1) is 22.7 Å². The van der Waals surface area contributed by atoms with Crippen molar-refractivity contribution in [3.8, 4) is 28.6 Å². The van der Waals surface area contributed by atoms with Crippen molar-refractivity contribution in [1.82, 2.24) is 4.98 Å². The minimum absolute atomic E-state index is 0.0870. The molecule has 0 amide bonds. The molecular formula is C25H10N4OS2. The van der Waals surface area contributed by atoms with Crippen LogP contribution in [0.25, 0.3) is 31.6 Å². The van der Waals surface area contributed by atoms with Crippen LogP contribution in [0, 0.1) is 34.0 Å². The van der Waals surface area contributed by atoms with Gasteiger partial charge in [-0.2, -0.15) is 15.8 Å².